The smallest absolute Gasteiger partial charge is 0.195 e. The van der Waals surface area contributed by atoms with Gasteiger partial charge in [0.25, 0.3) is 0 Å². The number of hydrogen-bond acceptors (Lipinski definition) is 2. The van der Waals surface area contributed by atoms with Gasteiger partial charge in [-0.3, -0.25) is 9.59 Å². The Hall–Kier alpha value is -3.72. The number of carbonyl (C=O) groups excluding carboxylic acids is 2. The van der Waals surface area contributed by atoms with Crippen molar-refractivity contribution in [3.8, 4) is 5.69 Å². The predicted molar refractivity (Wildman–Crippen MR) is 120 cm³/mol. The Kier molecular flexibility index (Phi) is 6.20. The van der Waals surface area contributed by atoms with Crippen LogP contribution in [-0.2, 0) is 0 Å². The molecule has 0 spiro atoms. The van der Waals surface area contributed by atoms with Crippen LogP contribution in [0.2, 0.25) is 0 Å². The van der Waals surface area contributed by atoms with Gasteiger partial charge in [0.1, 0.15) is 0 Å². The minimum atomic E-state index is -0.0870. The van der Waals surface area contributed by atoms with Crippen molar-refractivity contribution in [2.75, 3.05) is 0 Å². The first-order chi connectivity index (χ1) is 14.2. The highest BCUT2D eigenvalue weighted by Gasteiger charge is 2.18. The second-order valence-electron chi connectivity index (χ2n) is 6.26. The first-order valence-corrected chi connectivity index (χ1v) is 9.65. The van der Waals surface area contributed by atoms with Crippen molar-refractivity contribution >= 4 is 28.9 Å². The molecule has 0 radical (unpaired) electrons. The number of fused-ring (bicyclic) bond motifs is 1. The van der Waals surface area contributed by atoms with Crippen molar-refractivity contribution in [1.29, 1.82) is 0 Å². The largest absolute Gasteiger partial charge is 0.313 e. The van der Waals surface area contributed by atoms with Gasteiger partial charge in [-0.15, -0.1) is 0 Å². The maximum atomic E-state index is 13.5. The Morgan fingerprint density at radius 3 is 2.41 bits per heavy atom. The van der Waals surface area contributed by atoms with E-state index in [-0.39, 0.29) is 5.78 Å². The number of rotatable bonds is 5. The Balaban J connectivity index is 0.00000117. The third-order valence-electron chi connectivity index (χ3n) is 4.70. The number of ketones is 1. The van der Waals surface area contributed by atoms with Gasteiger partial charge in [-0.1, -0.05) is 75.0 Å². The van der Waals surface area contributed by atoms with Crippen molar-refractivity contribution in [3.05, 3.63) is 108 Å². The van der Waals surface area contributed by atoms with Crippen LogP contribution in [0.1, 0.15) is 45.8 Å². The zero-order valence-corrected chi connectivity index (χ0v) is 16.6. The summed E-state index contributed by atoms with van der Waals surface area (Å²) in [6, 6.07) is 22.6. The number of benzene rings is 3. The Labute approximate surface area is 170 Å². The molecule has 144 valence electrons. The molecule has 0 fully saturated rings. The van der Waals surface area contributed by atoms with E-state index in [0.717, 1.165) is 22.6 Å². The highest BCUT2D eigenvalue weighted by Crippen LogP contribution is 2.26. The summed E-state index contributed by atoms with van der Waals surface area (Å²) in [6.07, 6.45) is 4.28. The van der Waals surface area contributed by atoms with Crippen molar-refractivity contribution in [2.45, 2.75) is 13.8 Å². The average Bonchev–Trinajstić information content (AvgIpc) is 3.28. The molecular formula is C26H23NO2. The molecule has 0 aliphatic heterocycles. The van der Waals surface area contributed by atoms with Gasteiger partial charge in [0.15, 0.2) is 12.1 Å². The first-order valence-electron chi connectivity index (χ1n) is 9.65. The summed E-state index contributed by atoms with van der Waals surface area (Å²) in [5, 5.41) is 1.92. The van der Waals surface area contributed by atoms with Gasteiger partial charge in [0, 0.05) is 17.3 Å². The van der Waals surface area contributed by atoms with Crippen LogP contribution >= 0.6 is 0 Å². The molecule has 3 nitrogen and oxygen atoms in total. The molecule has 0 aliphatic carbocycles. The Morgan fingerprint density at radius 1 is 0.897 bits per heavy atom. The van der Waals surface area contributed by atoms with Gasteiger partial charge in [0.2, 0.25) is 0 Å². The topological polar surface area (TPSA) is 39.1 Å². The average molecular weight is 381 g/mol. The number of aromatic nitrogens is 1. The normalized spacial score (nSPS) is 10.1. The number of hydrogen-bond donors (Lipinski definition) is 0. The van der Waals surface area contributed by atoms with Gasteiger partial charge in [0.05, 0.1) is 11.4 Å². The summed E-state index contributed by atoms with van der Waals surface area (Å²) in [6.45, 7) is 7.81. The highest BCUT2D eigenvalue weighted by molar-refractivity contribution is 6.18. The molecule has 0 N–H and O–H groups in total. The summed E-state index contributed by atoms with van der Waals surface area (Å²) in [4.78, 5) is 24.9. The number of aldehydes is 1. The molecule has 0 saturated heterocycles. The van der Waals surface area contributed by atoms with Crippen molar-refractivity contribution < 1.29 is 9.59 Å². The van der Waals surface area contributed by atoms with Crippen LogP contribution in [0.25, 0.3) is 22.5 Å². The van der Waals surface area contributed by atoms with E-state index in [1.165, 1.54) is 0 Å². The van der Waals surface area contributed by atoms with Crippen molar-refractivity contribution in [1.82, 2.24) is 4.57 Å². The van der Waals surface area contributed by atoms with E-state index in [1.807, 2.05) is 74.5 Å². The standard InChI is InChI=1S/C24H17NO2.C2H6/c1-2-17-12-13-23(25-14-6-9-19(25)16-26)22(15-17)24(27)21-11-5-8-18-7-3-4-10-20(18)21;1-2/h2-16H,1H2;1-2H3. The molecule has 29 heavy (non-hydrogen) atoms. The van der Waals surface area contributed by atoms with E-state index in [9.17, 15) is 9.59 Å². The summed E-state index contributed by atoms with van der Waals surface area (Å²) in [5.74, 6) is -0.0870. The molecule has 3 heteroatoms. The second kappa shape index (κ2) is 8.98. The molecule has 0 unspecified atom stereocenters. The minimum Gasteiger partial charge on any atom is -0.313 e. The van der Waals surface area contributed by atoms with Gasteiger partial charge < -0.3 is 4.57 Å². The lowest BCUT2D eigenvalue weighted by Crippen LogP contribution is -2.09. The molecular weight excluding hydrogens is 358 g/mol. The molecule has 0 saturated carbocycles. The van der Waals surface area contributed by atoms with Crippen molar-refractivity contribution in [2.24, 2.45) is 0 Å². The van der Waals surface area contributed by atoms with E-state index in [0.29, 0.717) is 22.5 Å². The monoisotopic (exact) mass is 381 g/mol. The predicted octanol–water partition coefficient (Wildman–Crippen LogP) is 6.34. The maximum absolute atomic E-state index is 13.5. The molecule has 1 heterocycles. The van der Waals surface area contributed by atoms with Gasteiger partial charge >= 0.3 is 0 Å². The first kappa shape index (κ1) is 20.0. The van der Waals surface area contributed by atoms with E-state index < -0.39 is 0 Å². The zero-order valence-electron chi connectivity index (χ0n) is 16.6. The van der Waals surface area contributed by atoms with Gasteiger partial charge in [-0.25, -0.2) is 0 Å². The summed E-state index contributed by atoms with van der Waals surface area (Å²) in [5.41, 5.74) is 3.18. The van der Waals surface area contributed by atoms with E-state index in [2.05, 4.69) is 6.58 Å². The third-order valence-corrected chi connectivity index (χ3v) is 4.70. The lowest BCUT2D eigenvalue weighted by Gasteiger charge is -2.14. The van der Waals surface area contributed by atoms with Crippen LogP contribution in [0.15, 0.2) is 85.6 Å². The van der Waals surface area contributed by atoms with Crippen LogP contribution in [0.5, 0.6) is 0 Å². The summed E-state index contributed by atoms with van der Waals surface area (Å²) < 4.78 is 1.73. The van der Waals surface area contributed by atoms with E-state index in [4.69, 9.17) is 0 Å². The molecule has 3 aromatic carbocycles. The lowest BCUT2D eigenvalue weighted by atomic mass is 9.95. The summed E-state index contributed by atoms with van der Waals surface area (Å²) >= 11 is 0. The second-order valence-corrected chi connectivity index (χ2v) is 6.26. The molecule has 0 atom stereocenters. The molecule has 0 bridgehead atoms. The van der Waals surface area contributed by atoms with Crippen molar-refractivity contribution in [3.63, 3.8) is 0 Å². The molecule has 0 aliphatic rings. The van der Waals surface area contributed by atoms with Gasteiger partial charge in [-0.2, -0.15) is 0 Å². The van der Waals surface area contributed by atoms with Crippen LogP contribution in [0.3, 0.4) is 0 Å². The molecule has 4 aromatic rings. The number of nitrogens with zero attached hydrogens (tertiary/aromatic N) is 1. The number of carbonyl (C=O) groups is 2. The van der Waals surface area contributed by atoms with Gasteiger partial charge in [-0.05, 0) is 40.6 Å². The third kappa shape index (κ3) is 3.81. The maximum Gasteiger partial charge on any atom is 0.195 e. The van der Waals surface area contributed by atoms with Crippen LogP contribution in [0.4, 0.5) is 0 Å². The fraction of sp³-hybridized carbons (Fsp3) is 0.0769. The quantitative estimate of drug-likeness (QED) is 0.299. The van der Waals surface area contributed by atoms with Crippen LogP contribution in [-0.4, -0.2) is 16.6 Å². The Morgan fingerprint density at radius 2 is 1.66 bits per heavy atom. The fourth-order valence-corrected chi connectivity index (χ4v) is 3.35. The van der Waals surface area contributed by atoms with E-state index in [1.54, 1.807) is 29.0 Å². The SMILES string of the molecule is C=Cc1ccc(-n2cccc2C=O)c(C(=O)c2cccc3ccccc23)c1.CC. The highest BCUT2D eigenvalue weighted by atomic mass is 16.1. The zero-order chi connectivity index (χ0) is 20.8. The van der Waals surface area contributed by atoms with Crippen LogP contribution < -0.4 is 0 Å². The minimum absolute atomic E-state index is 0.0870. The Bertz CT molecular complexity index is 1180. The van der Waals surface area contributed by atoms with Crippen LogP contribution in [0, 0.1) is 0 Å². The van der Waals surface area contributed by atoms with E-state index >= 15 is 0 Å². The molecule has 0 amide bonds. The summed E-state index contributed by atoms with van der Waals surface area (Å²) in [7, 11) is 0. The fourth-order valence-electron chi connectivity index (χ4n) is 3.35. The molecule has 1 aromatic heterocycles. The molecule has 4 rings (SSSR count). The lowest BCUT2D eigenvalue weighted by molar-refractivity contribution is 0.103.